The Labute approximate surface area is 41.4 Å². The Morgan fingerprint density at radius 2 is 2.71 bits per heavy atom. The van der Waals surface area contributed by atoms with Gasteiger partial charge in [0.15, 0.2) is 0 Å². The fraction of sp³-hybridized carbons (Fsp3) is 0.250. The molecular formula is C4H4N2O. The average Bonchev–Trinajstić information content (AvgIpc) is 2.14. The van der Waals surface area contributed by atoms with Crippen LogP contribution >= 0.6 is 0 Å². The van der Waals surface area contributed by atoms with E-state index < -0.39 is 0 Å². The lowest BCUT2D eigenvalue weighted by molar-refractivity contribution is -0.0389. The highest BCUT2D eigenvalue weighted by atomic mass is 16.7. The van der Waals surface area contributed by atoms with Crippen LogP contribution in [0.4, 0.5) is 0 Å². The highest BCUT2D eigenvalue weighted by Gasteiger charge is 1.99. The topological polar surface area (TPSA) is 36.3 Å². The van der Waals surface area contributed by atoms with Gasteiger partial charge < -0.3 is 0 Å². The van der Waals surface area contributed by atoms with Crippen molar-refractivity contribution < 1.29 is 4.84 Å². The van der Waals surface area contributed by atoms with Crippen molar-refractivity contribution in [3.05, 3.63) is 12.3 Å². The van der Waals surface area contributed by atoms with E-state index in [0.29, 0.717) is 6.61 Å². The second-order valence-corrected chi connectivity index (χ2v) is 1.11. The molecular weight excluding hydrogens is 92.1 g/mol. The van der Waals surface area contributed by atoms with E-state index in [1.165, 1.54) is 0 Å². The van der Waals surface area contributed by atoms with Crippen molar-refractivity contribution in [2.75, 3.05) is 6.61 Å². The maximum Gasteiger partial charge on any atom is 0.210 e. The molecule has 0 aromatic heterocycles. The third-order valence-electron chi connectivity index (χ3n) is 0.649. The molecule has 1 heterocycles. The molecule has 0 bridgehead atoms. The SMILES string of the molecule is N#CN1C=CCO1. The highest BCUT2D eigenvalue weighted by Crippen LogP contribution is 1.96. The van der Waals surface area contributed by atoms with Crippen LogP contribution in [-0.2, 0) is 4.84 Å². The Morgan fingerprint density at radius 1 is 1.86 bits per heavy atom. The van der Waals surface area contributed by atoms with Crippen LogP contribution in [0.25, 0.3) is 0 Å². The van der Waals surface area contributed by atoms with Crippen molar-refractivity contribution in [1.29, 1.82) is 5.26 Å². The summed E-state index contributed by atoms with van der Waals surface area (Å²) in [4.78, 5) is 4.66. The van der Waals surface area contributed by atoms with Crippen LogP contribution in [0.15, 0.2) is 12.3 Å². The fourth-order valence-electron chi connectivity index (χ4n) is 0.367. The smallest absolute Gasteiger partial charge is 0.210 e. The fourth-order valence-corrected chi connectivity index (χ4v) is 0.367. The number of hydroxylamine groups is 2. The first kappa shape index (κ1) is 4.16. The minimum Gasteiger partial charge on any atom is -0.255 e. The molecule has 1 rings (SSSR count). The van der Waals surface area contributed by atoms with E-state index in [1.807, 2.05) is 0 Å². The lowest BCUT2D eigenvalue weighted by atomic mass is 10.7. The first-order valence-corrected chi connectivity index (χ1v) is 1.92. The normalized spacial score (nSPS) is 17.3. The Kier molecular flexibility index (Phi) is 0.966. The summed E-state index contributed by atoms with van der Waals surface area (Å²) in [5.74, 6) is 0. The van der Waals surface area contributed by atoms with Gasteiger partial charge in [0, 0.05) is 6.20 Å². The van der Waals surface area contributed by atoms with Crippen molar-refractivity contribution >= 4 is 0 Å². The van der Waals surface area contributed by atoms with Gasteiger partial charge in [-0.3, -0.25) is 4.84 Å². The van der Waals surface area contributed by atoms with Gasteiger partial charge in [0.1, 0.15) is 0 Å². The molecule has 0 amide bonds. The summed E-state index contributed by atoms with van der Waals surface area (Å²) in [7, 11) is 0. The Morgan fingerprint density at radius 3 is 3.00 bits per heavy atom. The minimum atomic E-state index is 0.521. The average molecular weight is 96.1 g/mol. The van der Waals surface area contributed by atoms with E-state index in [-0.39, 0.29) is 0 Å². The lowest BCUT2D eigenvalue weighted by Gasteiger charge is -1.97. The molecule has 0 saturated heterocycles. The van der Waals surface area contributed by atoms with E-state index in [0.717, 1.165) is 5.06 Å². The van der Waals surface area contributed by atoms with Crippen molar-refractivity contribution in [2.24, 2.45) is 0 Å². The van der Waals surface area contributed by atoms with E-state index in [1.54, 1.807) is 18.5 Å². The van der Waals surface area contributed by atoms with Crippen LogP contribution in [0.1, 0.15) is 0 Å². The zero-order valence-electron chi connectivity index (χ0n) is 3.66. The molecule has 1 aliphatic heterocycles. The first-order chi connectivity index (χ1) is 3.43. The summed E-state index contributed by atoms with van der Waals surface area (Å²) in [5.41, 5.74) is 0. The molecule has 1 aliphatic rings. The molecule has 0 atom stereocenters. The maximum absolute atomic E-state index is 8.07. The summed E-state index contributed by atoms with van der Waals surface area (Å²) >= 11 is 0. The molecule has 0 N–H and O–H groups in total. The van der Waals surface area contributed by atoms with Gasteiger partial charge >= 0.3 is 0 Å². The second-order valence-electron chi connectivity index (χ2n) is 1.11. The number of nitrogens with zero attached hydrogens (tertiary/aromatic N) is 2. The van der Waals surface area contributed by atoms with Gasteiger partial charge in [-0.25, -0.2) is 0 Å². The summed E-state index contributed by atoms with van der Waals surface area (Å²) in [6, 6.07) is 0. The van der Waals surface area contributed by atoms with Gasteiger partial charge in [0.2, 0.25) is 6.19 Å². The van der Waals surface area contributed by atoms with Crippen LogP contribution in [0, 0.1) is 11.5 Å². The highest BCUT2D eigenvalue weighted by molar-refractivity contribution is 4.89. The molecule has 3 heteroatoms. The summed E-state index contributed by atoms with van der Waals surface area (Å²) < 4.78 is 0. The van der Waals surface area contributed by atoms with Crippen molar-refractivity contribution in [1.82, 2.24) is 5.06 Å². The quantitative estimate of drug-likeness (QED) is 0.405. The molecule has 0 saturated carbocycles. The standard InChI is InChI=1S/C4H4N2O/c5-4-6-2-1-3-7-6/h1-2H,3H2. The molecule has 7 heavy (non-hydrogen) atoms. The van der Waals surface area contributed by atoms with Crippen LogP contribution < -0.4 is 0 Å². The molecule has 0 fully saturated rings. The van der Waals surface area contributed by atoms with Crippen molar-refractivity contribution in [3.63, 3.8) is 0 Å². The molecule has 0 unspecified atom stereocenters. The number of hydrogen-bond acceptors (Lipinski definition) is 3. The maximum atomic E-state index is 8.07. The summed E-state index contributed by atoms with van der Waals surface area (Å²) in [6.07, 6.45) is 5.14. The molecule has 36 valence electrons. The number of nitriles is 1. The van der Waals surface area contributed by atoms with Gasteiger partial charge in [0.25, 0.3) is 0 Å². The molecule has 0 aromatic rings. The first-order valence-electron chi connectivity index (χ1n) is 1.92. The predicted molar refractivity (Wildman–Crippen MR) is 22.5 cm³/mol. The van der Waals surface area contributed by atoms with Crippen molar-refractivity contribution in [2.45, 2.75) is 0 Å². The van der Waals surface area contributed by atoms with Crippen LogP contribution in [0.2, 0.25) is 0 Å². The van der Waals surface area contributed by atoms with E-state index in [9.17, 15) is 0 Å². The summed E-state index contributed by atoms with van der Waals surface area (Å²) in [6.45, 7) is 0.521. The van der Waals surface area contributed by atoms with Gasteiger partial charge in [-0.05, 0) is 6.08 Å². The zero-order valence-corrected chi connectivity index (χ0v) is 3.66. The van der Waals surface area contributed by atoms with Gasteiger partial charge in [-0.15, -0.1) is 0 Å². The Hall–Kier alpha value is -1.01. The predicted octanol–water partition coefficient (Wildman–Crippen LogP) is 0.228. The Bertz CT molecular complexity index is 124. The van der Waals surface area contributed by atoms with Gasteiger partial charge in [0.05, 0.1) is 6.61 Å². The van der Waals surface area contributed by atoms with Crippen LogP contribution in [0.3, 0.4) is 0 Å². The van der Waals surface area contributed by atoms with Gasteiger partial charge in [-0.2, -0.15) is 10.3 Å². The second kappa shape index (κ2) is 1.63. The van der Waals surface area contributed by atoms with E-state index >= 15 is 0 Å². The zero-order chi connectivity index (χ0) is 5.11. The van der Waals surface area contributed by atoms with Gasteiger partial charge in [-0.1, -0.05) is 0 Å². The third kappa shape index (κ3) is 0.699. The lowest BCUT2D eigenvalue weighted by Crippen LogP contribution is -2.03. The van der Waals surface area contributed by atoms with Crippen LogP contribution in [-0.4, -0.2) is 11.7 Å². The van der Waals surface area contributed by atoms with E-state index in [2.05, 4.69) is 4.84 Å². The summed E-state index contributed by atoms with van der Waals surface area (Å²) in [5, 5.41) is 9.18. The monoisotopic (exact) mass is 96.0 g/mol. The van der Waals surface area contributed by atoms with Crippen LogP contribution in [0.5, 0.6) is 0 Å². The molecule has 0 spiro atoms. The number of rotatable bonds is 0. The van der Waals surface area contributed by atoms with E-state index in [4.69, 9.17) is 5.26 Å². The largest absolute Gasteiger partial charge is 0.255 e. The molecule has 0 aromatic carbocycles. The van der Waals surface area contributed by atoms with Crippen molar-refractivity contribution in [3.8, 4) is 6.19 Å². The third-order valence-corrected chi connectivity index (χ3v) is 0.649. The molecule has 3 nitrogen and oxygen atoms in total. The Balaban J connectivity index is 2.47. The molecule has 0 radical (unpaired) electrons. The minimum absolute atomic E-state index is 0.521. The molecule has 0 aliphatic carbocycles. The number of hydrogen-bond donors (Lipinski definition) is 0.